The van der Waals surface area contributed by atoms with E-state index in [2.05, 4.69) is 15.6 Å². The van der Waals surface area contributed by atoms with Crippen molar-refractivity contribution >= 4 is 56.6 Å². The summed E-state index contributed by atoms with van der Waals surface area (Å²) in [5.74, 6) is -0.951. The summed E-state index contributed by atoms with van der Waals surface area (Å²) in [6.45, 7) is 3.12. The van der Waals surface area contributed by atoms with Gasteiger partial charge in [-0.05, 0) is 37.6 Å². The first-order chi connectivity index (χ1) is 16.4. The Hall–Kier alpha value is -2.97. The molecule has 34 heavy (non-hydrogen) atoms. The highest BCUT2D eigenvalue weighted by atomic mass is 32.1. The summed E-state index contributed by atoms with van der Waals surface area (Å²) in [5, 5.41) is 8.47. The van der Waals surface area contributed by atoms with Gasteiger partial charge in [-0.3, -0.25) is 9.36 Å². The average molecular weight is 500 g/mol. The lowest BCUT2D eigenvalue weighted by Crippen LogP contribution is -2.37. The number of ether oxygens (including phenoxy) is 1. The summed E-state index contributed by atoms with van der Waals surface area (Å²) in [6, 6.07) is 19.3. The van der Waals surface area contributed by atoms with Crippen LogP contribution in [0.25, 0.3) is 21.0 Å². The number of rotatable bonds is 10. The number of fused-ring (bicyclic) bond motifs is 2. The molecule has 0 fully saturated rings. The Morgan fingerprint density at radius 3 is 2.62 bits per heavy atom. The molecule has 3 aromatic carbocycles. The number of aromatic nitrogens is 1. The van der Waals surface area contributed by atoms with Gasteiger partial charge in [-0.1, -0.05) is 54.7 Å². The van der Waals surface area contributed by atoms with Crippen molar-refractivity contribution in [2.45, 2.75) is 26.1 Å². The smallest absolute Gasteiger partial charge is 0.350 e. The highest BCUT2D eigenvalue weighted by Crippen LogP contribution is 2.47. The number of anilines is 2. The molecule has 0 bridgehead atoms. The molecule has 0 aliphatic carbocycles. The zero-order valence-corrected chi connectivity index (χ0v) is 20.6. The second-order valence-corrected chi connectivity index (χ2v) is 10.6. The van der Waals surface area contributed by atoms with Crippen LogP contribution in [0.4, 0.5) is 10.8 Å². The van der Waals surface area contributed by atoms with Crippen molar-refractivity contribution < 1.29 is 23.5 Å². The van der Waals surface area contributed by atoms with Gasteiger partial charge in [0.15, 0.2) is 11.7 Å². The lowest BCUT2D eigenvalue weighted by atomic mass is 10.1. The van der Waals surface area contributed by atoms with Gasteiger partial charge in [0.2, 0.25) is 0 Å². The zero-order chi connectivity index (χ0) is 24.1. The van der Waals surface area contributed by atoms with E-state index in [-0.39, 0.29) is 19.6 Å². The van der Waals surface area contributed by atoms with Crippen molar-refractivity contribution in [1.29, 1.82) is 0 Å². The molecule has 1 amide bonds. The van der Waals surface area contributed by atoms with E-state index in [9.17, 15) is 14.3 Å². The lowest BCUT2D eigenvalue weighted by molar-refractivity contribution is -0.123. The van der Waals surface area contributed by atoms with E-state index in [4.69, 9.17) is 9.26 Å². The Morgan fingerprint density at radius 1 is 1.09 bits per heavy atom. The lowest BCUT2D eigenvalue weighted by Gasteiger charge is -2.22. The Morgan fingerprint density at radius 2 is 1.85 bits per heavy atom. The van der Waals surface area contributed by atoms with Gasteiger partial charge in [-0.2, -0.15) is 0 Å². The maximum absolute atomic E-state index is 12.4. The molecule has 1 heterocycles. The summed E-state index contributed by atoms with van der Waals surface area (Å²) in [7, 11) is -3.94. The molecular weight excluding hydrogens is 473 g/mol. The Balaban J connectivity index is 1.49. The fraction of sp³-hybridized carbons (Fsp3) is 0.250. The van der Waals surface area contributed by atoms with E-state index in [1.165, 1.54) is 0 Å². The van der Waals surface area contributed by atoms with Crippen LogP contribution in [0.3, 0.4) is 0 Å². The Labute approximate surface area is 201 Å². The Kier molecular flexibility index (Phi) is 7.48. The number of carbonyl (C=O) groups excluding carboxylic acids is 1. The van der Waals surface area contributed by atoms with Crippen LogP contribution in [-0.2, 0) is 13.9 Å². The molecule has 4 aromatic rings. The van der Waals surface area contributed by atoms with Gasteiger partial charge in [-0.15, -0.1) is 0 Å². The minimum absolute atomic E-state index is 0.0834. The van der Waals surface area contributed by atoms with Crippen molar-refractivity contribution in [3.8, 4) is 5.75 Å². The summed E-state index contributed by atoms with van der Waals surface area (Å²) >= 11 is 1.57. The van der Waals surface area contributed by atoms with E-state index in [0.717, 1.165) is 31.8 Å². The molecule has 178 valence electrons. The number of hydrogen-bond acceptors (Lipinski definition) is 7. The van der Waals surface area contributed by atoms with Crippen molar-refractivity contribution in [2.75, 3.05) is 18.5 Å². The van der Waals surface area contributed by atoms with Crippen molar-refractivity contribution in [1.82, 2.24) is 10.3 Å². The van der Waals surface area contributed by atoms with Gasteiger partial charge in [0.25, 0.3) is 5.91 Å². The van der Waals surface area contributed by atoms with Crippen LogP contribution in [-0.4, -0.2) is 34.8 Å². The van der Waals surface area contributed by atoms with E-state index in [0.29, 0.717) is 5.75 Å². The predicted octanol–water partition coefficient (Wildman–Crippen LogP) is 5.65. The van der Waals surface area contributed by atoms with Gasteiger partial charge in [0, 0.05) is 16.5 Å². The first-order valence-electron chi connectivity index (χ1n) is 10.9. The van der Waals surface area contributed by atoms with Gasteiger partial charge in [-0.25, -0.2) is 4.98 Å². The molecule has 4 rings (SSSR count). The topological polar surface area (TPSA) is 110 Å². The summed E-state index contributed by atoms with van der Waals surface area (Å²) in [4.78, 5) is 27.1. The molecule has 0 spiro atoms. The molecule has 1 aromatic heterocycles. The Bertz CT molecular complexity index is 1330. The fourth-order valence-electron chi connectivity index (χ4n) is 3.62. The van der Waals surface area contributed by atoms with Crippen molar-refractivity contribution in [3.63, 3.8) is 0 Å². The monoisotopic (exact) mass is 499 g/mol. The minimum Gasteiger partial charge on any atom is -0.483 e. The molecule has 10 heteroatoms. The molecule has 0 saturated heterocycles. The summed E-state index contributed by atoms with van der Waals surface area (Å²) in [6.07, 6.45) is 0.259. The number of para-hydroxylation sites is 1. The van der Waals surface area contributed by atoms with Gasteiger partial charge in [0.1, 0.15) is 11.5 Å². The number of nitrogens with zero attached hydrogens (tertiary/aromatic N) is 1. The molecule has 2 unspecified atom stereocenters. The third kappa shape index (κ3) is 5.39. The second kappa shape index (κ2) is 10.5. The van der Waals surface area contributed by atoms with E-state index in [1.807, 2.05) is 54.6 Å². The molecule has 0 saturated carbocycles. The molecule has 0 aliphatic heterocycles. The SMILES string of the molecule is CCOP(=O)(O)C(CC)NC(=O)COc1cccc2c(Nc3nc4ccccc4s3)cccc12. The third-order valence-electron chi connectivity index (χ3n) is 5.20. The first-order valence-corrected chi connectivity index (χ1v) is 13.4. The van der Waals surface area contributed by atoms with Crippen molar-refractivity contribution in [3.05, 3.63) is 60.7 Å². The van der Waals surface area contributed by atoms with E-state index in [1.54, 1.807) is 31.3 Å². The van der Waals surface area contributed by atoms with E-state index >= 15 is 0 Å². The third-order valence-corrected chi connectivity index (χ3v) is 8.06. The second-order valence-electron chi connectivity index (χ2n) is 7.53. The molecule has 0 radical (unpaired) electrons. The molecule has 2 atom stereocenters. The van der Waals surface area contributed by atoms with Crippen LogP contribution in [0.1, 0.15) is 20.3 Å². The first kappa shape index (κ1) is 24.2. The number of thiazole rings is 1. The number of carbonyl (C=O) groups is 1. The number of amides is 1. The quantitative estimate of drug-likeness (QED) is 0.242. The van der Waals surface area contributed by atoms with Crippen LogP contribution in [0.2, 0.25) is 0 Å². The van der Waals surface area contributed by atoms with E-state index < -0.39 is 19.3 Å². The molecule has 0 aliphatic rings. The van der Waals surface area contributed by atoms with Crippen LogP contribution >= 0.6 is 18.9 Å². The van der Waals surface area contributed by atoms with Gasteiger partial charge >= 0.3 is 7.60 Å². The van der Waals surface area contributed by atoms with Crippen LogP contribution < -0.4 is 15.4 Å². The van der Waals surface area contributed by atoms with Crippen LogP contribution in [0.15, 0.2) is 60.7 Å². The highest BCUT2D eigenvalue weighted by Gasteiger charge is 2.32. The number of hydrogen-bond donors (Lipinski definition) is 3. The highest BCUT2D eigenvalue weighted by molar-refractivity contribution is 7.53. The standard InChI is InChI=1S/C24H26N3O5PS/c1-3-23(33(29,30)32-4-2)27-22(28)15-31-20-13-8-9-16-17(20)10-7-12-18(16)25-24-26-19-11-5-6-14-21(19)34-24/h5-14,23H,3-4,15H2,1-2H3,(H,25,26)(H,27,28)(H,29,30). The maximum Gasteiger partial charge on any atom is 0.350 e. The summed E-state index contributed by atoms with van der Waals surface area (Å²) in [5.41, 5.74) is 1.81. The predicted molar refractivity (Wildman–Crippen MR) is 136 cm³/mol. The fourth-order valence-corrected chi connectivity index (χ4v) is 5.81. The molecule has 8 nitrogen and oxygen atoms in total. The largest absolute Gasteiger partial charge is 0.483 e. The van der Waals surface area contributed by atoms with Crippen LogP contribution in [0, 0.1) is 0 Å². The number of benzene rings is 3. The normalized spacial score (nSPS) is 14.0. The molecule has 3 N–H and O–H groups in total. The van der Waals surface area contributed by atoms with Crippen LogP contribution in [0.5, 0.6) is 5.75 Å². The summed E-state index contributed by atoms with van der Waals surface area (Å²) < 4.78 is 24.1. The molecular formula is C24H26N3O5PS. The average Bonchev–Trinajstić information content (AvgIpc) is 3.23. The van der Waals surface area contributed by atoms with Crippen molar-refractivity contribution in [2.24, 2.45) is 0 Å². The minimum atomic E-state index is -3.94. The van der Waals surface area contributed by atoms with Gasteiger partial charge < -0.3 is 24.8 Å². The van der Waals surface area contributed by atoms with Gasteiger partial charge in [0.05, 0.1) is 16.8 Å². The maximum atomic E-state index is 12.4. The zero-order valence-electron chi connectivity index (χ0n) is 18.9. The number of nitrogens with one attached hydrogen (secondary N) is 2.